The summed E-state index contributed by atoms with van der Waals surface area (Å²) in [6.07, 6.45) is 4.23. The van der Waals surface area contributed by atoms with Gasteiger partial charge in [0.25, 0.3) is 0 Å². The first-order chi connectivity index (χ1) is 7.15. The number of hydrogen-bond donors (Lipinski definition) is 0. The van der Waals surface area contributed by atoms with Crippen LogP contribution in [0.25, 0.3) is 0 Å². The quantitative estimate of drug-likeness (QED) is 0.480. The molecule has 0 amide bonds. The highest BCUT2D eigenvalue weighted by atomic mass is 16.5. The summed E-state index contributed by atoms with van der Waals surface area (Å²) >= 11 is 0. The maximum atomic E-state index is 11.1. The van der Waals surface area contributed by atoms with Crippen molar-refractivity contribution in [3.63, 3.8) is 0 Å². The summed E-state index contributed by atoms with van der Waals surface area (Å²) in [5.41, 5.74) is 0.690. The fourth-order valence-electron chi connectivity index (χ4n) is 1.44. The van der Waals surface area contributed by atoms with Gasteiger partial charge in [0.15, 0.2) is 0 Å². The second-order valence-corrected chi connectivity index (χ2v) is 3.68. The fourth-order valence-corrected chi connectivity index (χ4v) is 1.44. The normalized spacial score (nSPS) is 11.9. The van der Waals surface area contributed by atoms with E-state index in [2.05, 4.69) is 23.5 Å². The third-order valence-electron chi connectivity index (χ3n) is 2.24. The molecule has 0 aliphatic carbocycles. The van der Waals surface area contributed by atoms with Gasteiger partial charge in [0.05, 0.1) is 7.11 Å². The van der Waals surface area contributed by atoms with E-state index in [1.54, 1.807) is 6.92 Å². The zero-order valence-corrected chi connectivity index (χ0v) is 10.4. The maximum Gasteiger partial charge on any atom is 0.333 e. The lowest BCUT2D eigenvalue weighted by atomic mass is 10.2. The first-order valence-electron chi connectivity index (χ1n) is 5.63. The molecule has 0 heterocycles. The Hall–Kier alpha value is -0.830. The van der Waals surface area contributed by atoms with Crippen LogP contribution in [0.4, 0.5) is 0 Å². The van der Waals surface area contributed by atoms with Crippen LogP contribution in [0.15, 0.2) is 11.6 Å². The van der Waals surface area contributed by atoms with E-state index in [0.29, 0.717) is 5.57 Å². The van der Waals surface area contributed by atoms with Crippen molar-refractivity contribution >= 4 is 5.97 Å². The second kappa shape index (κ2) is 8.48. The average Bonchev–Trinajstić information content (AvgIpc) is 2.25. The first-order valence-corrected chi connectivity index (χ1v) is 5.63. The van der Waals surface area contributed by atoms with Crippen LogP contribution in [0.3, 0.4) is 0 Å². The molecule has 0 spiro atoms. The van der Waals surface area contributed by atoms with Crippen molar-refractivity contribution in [1.82, 2.24) is 4.90 Å². The minimum atomic E-state index is -0.233. The number of carbonyl (C=O) groups excluding carboxylic acids is 1. The molecule has 0 rings (SSSR count). The molecule has 3 nitrogen and oxygen atoms in total. The summed E-state index contributed by atoms with van der Waals surface area (Å²) in [4.78, 5) is 13.5. The molecule has 88 valence electrons. The molecule has 0 saturated carbocycles. The van der Waals surface area contributed by atoms with Gasteiger partial charge in [-0.2, -0.15) is 0 Å². The van der Waals surface area contributed by atoms with Crippen molar-refractivity contribution < 1.29 is 9.53 Å². The summed E-state index contributed by atoms with van der Waals surface area (Å²) in [5.74, 6) is -0.233. The van der Waals surface area contributed by atoms with Gasteiger partial charge in [-0.3, -0.25) is 4.90 Å². The molecule has 0 atom stereocenters. The van der Waals surface area contributed by atoms with E-state index >= 15 is 0 Å². The molecule has 0 fully saturated rings. The molecular weight excluding hydrogens is 190 g/mol. The van der Waals surface area contributed by atoms with Crippen LogP contribution in [-0.4, -0.2) is 37.6 Å². The average molecular weight is 213 g/mol. The van der Waals surface area contributed by atoms with Gasteiger partial charge in [-0.1, -0.05) is 19.9 Å². The highest BCUT2D eigenvalue weighted by Crippen LogP contribution is 1.99. The molecular formula is C12H23NO2. The van der Waals surface area contributed by atoms with E-state index in [-0.39, 0.29) is 5.97 Å². The molecule has 0 aromatic heterocycles. The van der Waals surface area contributed by atoms with E-state index in [9.17, 15) is 4.79 Å². The summed E-state index contributed by atoms with van der Waals surface area (Å²) in [5, 5.41) is 0. The predicted octanol–water partition coefficient (Wildman–Crippen LogP) is 2.23. The smallest absolute Gasteiger partial charge is 0.333 e. The van der Waals surface area contributed by atoms with Gasteiger partial charge in [0.1, 0.15) is 0 Å². The molecule has 0 radical (unpaired) electrons. The molecule has 0 bridgehead atoms. The molecule has 15 heavy (non-hydrogen) atoms. The van der Waals surface area contributed by atoms with Gasteiger partial charge in [0, 0.05) is 12.1 Å². The van der Waals surface area contributed by atoms with E-state index in [0.717, 1.165) is 32.5 Å². The van der Waals surface area contributed by atoms with E-state index in [1.165, 1.54) is 7.11 Å². The molecule has 0 aromatic rings. The van der Waals surface area contributed by atoms with Gasteiger partial charge >= 0.3 is 5.97 Å². The molecule has 0 saturated heterocycles. The van der Waals surface area contributed by atoms with Gasteiger partial charge in [0.2, 0.25) is 0 Å². The van der Waals surface area contributed by atoms with Crippen molar-refractivity contribution in [1.29, 1.82) is 0 Å². The number of methoxy groups -OCH3 is 1. The first kappa shape index (κ1) is 14.2. The number of rotatable bonds is 7. The Bertz CT molecular complexity index is 206. The van der Waals surface area contributed by atoms with Crippen molar-refractivity contribution in [3.05, 3.63) is 11.6 Å². The van der Waals surface area contributed by atoms with Crippen LogP contribution >= 0.6 is 0 Å². The Labute approximate surface area is 93.1 Å². The van der Waals surface area contributed by atoms with Gasteiger partial charge in [-0.15, -0.1) is 0 Å². The van der Waals surface area contributed by atoms with Crippen molar-refractivity contribution in [2.75, 3.05) is 26.7 Å². The van der Waals surface area contributed by atoms with Crippen LogP contribution in [0, 0.1) is 0 Å². The minimum absolute atomic E-state index is 0.233. The molecule has 0 aliphatic heterocycles. The Morgan fingerprint density at radius 1 is 1.27 bits per heavy atom. The lowest BCUT2D eigenvalue weighted by Gasteiger charge is -2.18. The third kappa shape index (κ3) is 6.28. The van der Waals surface area contributed by atoms with E-state index < -0.39 is 0 Å². The van der Waals surface area contributed by atoms with Gasteiger partial charge < -0.3 is 4.74 Å². The van der Waals surface area contributed by atoms with Gasteiger partial charge in [-0.05, 0) is 32.9 Å². The standard InChI is InChI=1S/C12H23NO2/c1-5-8-13(9-6-2)10-7-11(3)12(14)15-4/h7H,5-6,8-10H2,1-4H3. The largest absolute Gasteiger partial charge is 0.466 e. The topological polar surface area (TPSA) is 29.5 Å². The Balaban J connectivity index is 4.10. The van der Waals surface area contributed by atoms with E-state index in [1.807, 2.05) is 6.08 Å². The summed E-state index contributed by atoms with van der Waals surface area (Å²) < 4.78 is 4.64. The zero-order chi connectivity index (χ0) is 11.7. The summed E-state index contributed by atoms with van der Waals surface area (Å²) in [6, 6.07) is 0. The number of hydrogen-bond acceptors (Lipinski definition) is 3. The molecule has 0 unspecified atom stereocenters. The Kier molecular flexibility index (Phi) is 8.01. The lowest BCUT2D eigenvalue weighted by Crippen LogP contribution is -2.26. The van der Waals surface area contributed by atoms with Crippen LogP contribution in [0.5, 0.6) is 0 Å². The summed E-state index contributed by atoms with van der Waals surface area (Å²) in [7, 11) is 1.41. The second-order valence-electron chi connectivity index (χ2n) is 3.68. The van der Waals surface area contributed by atoms with E-state index in [4.69, 9.17) is 0 Å². The highest BCUT2D eigenvalue weighted by Gasteiger charge is 2.04. The highest BCUT2D eigenvalue weighted by molar-refractivity contribution is 5.87. The Morgan fingerprint density at radius 2 is 1.80 bits per heavy atom. The Morgan fingerprint density at radius 3 is 2.20 bits per heavy atom. The number of esters is 1. The number of ether oxygens (including phenoxy) is 1. The fraction of sp³-hybridized carbons (Fsp3) is 0.750. The zero-order valence-electron chi connectivity index (χ0n) is 10.4. The monoisotopic (exact) mass is 213 g/mol. The third-order valence-corrected chi connectivity index (χ3v) is 2.24. The number of carbonyl (C=O) groups is 1. The van der Waals surface area contributed by atoms with Crippen molar-refractivity contribution in [3.8, 4) is 0 Å². The summed E-state index contributed by atoms with van der Waals surface area (Å²) in [6.45, 7) is 9.13. The van der Waals surface area contributed by atoms with Crippen LogP contribution < -0.4 is 0 Å². The molecule has 0 aliphatic rings. The van der Waals surface area contributed by atoms with Crippen LogP contribution in [0.2, 0.25) is 0 Å². The molecule has 0 N–H and O–H groups in total. The van der Waals surface area contributed by atoms with Crippen LogP contribution in [0.1, 0.15) is 33.6 Å². The maximum absolute atomic E-state index is 11.1. The SMILES string of the molecule is CCCN(CC=C(C)C(=O)OC)CCC. The molecule has 0 aromatic carbocycles. The number of nitrogens with zero attached hydrogens (tertiary/aromatic N) is 1. The van der Waals surface area contributed by atoms with Crippen molar-refractivity contribution in [2.45, 2.75) is 33.6 Å². The van der Waals surface area contributed by atoms with Gasteiger partial charge in [-0.25, -0.2) is 4.79 Å². The van der Waals surface area contributed by atoms with Crippen LogP contribution in [-0.2, 0) is 9.53 Å². The minimum Gasteiger partial charge on any atom is -0.466 e. The molecule has 3 heteroatoms. The predicted molar refractivity (Wildman–Crippen MR) is 62.8 cm³/mol. The van der Waals surface area contributed by atoms with Crippen molar-refractivity contribution in [2.24, 2.45) is 0 Å². The lowest BCUT2D eigenvalue weighted by molar-refractivity contribution is -0.136.